The molecular weight excluding hydrogens is 406 g/mol. The first-order valence-corrected chi connectivity index (χ1v) is 9.69. The number of hydrogen-bond acceptors (Lipinski definition) is 6. The summed E-state index contributed by atoms with van der Waals surface area (Å²) >= 11 is 0. The van der Waals surface area contributed by atoms with Crippen LogP contribution >= 0.6 is 0 Å². The first-order valence-electron chi connectivity index (χ1n) is 9.69. The maximum Gasteiger partial charge on any atom is 0.255 e. The van der Waals surface area contributed by atoms with Gasteiger partial charge in [0, 0.05) is 23.1 Å². The van der Waals surface area contributed by atoms with Crippen LogP contribution in [0.1, 0.15) is 37.4 Å². The number of aryl methyl sites for hydroxylation is 2. The molecule has 4 aromatic rings. The molecule has 9 nitrogen and oxygen atoms in total. The number of nitrogens with zero attached hydrogens (tertiary/aromatic N) is 4. The van der Waals surface area contributed by atoms with E-state index in [9.17, 15) is 9.59 Å². The molecule has 32 heavy (non-hydrogen) atoms. The Hall–Kier alpha value is -4.71. The van der Waals surface area contributed by atoms with Crippen molar-refractivity contribution >= 4 is 34.5 Å². The van der Waals surface area contributed by atoms with Crippen molar-refractivity contribution < 1.29 is 9.59 Å². The highest BCUT2D eigenvalue weighted by molar-refractivity contribution is 6.04. The Morgan fingerprint density at radius 3 is 2.56 bits per heavy atom. The molecule has 0 spiro atoms. The van der Waals surface area contributed by atoms with Gasteiger partial charge in [-0.15, -0.1) is 0 Å². The van der Waals surface area contributed by atoms with Gasteiger partial charge in [0.25, 0.3) is 11.8 Å². The molecule has 0 radical (unpaired) electrons. The zero-order valence-corrected chi connectivity index (χ0v) is 17.4. The van der Waals surface area contributed by atoms with Crippen molar-refractivity contribution in [3.05, 3.63) is 82.8 Å². The number of nitriles is 1. The number of nitrogens with two attached hydrogens (primary N) is 1. The van der Waals surface area contributed by atoms with Gasteiger partial charge in [0.1, 0.15) is 11.8 Å². The lowest BCUT2D eigenvalue weighted by Crippen LogP contribution is -2.12. The van der Waals surface area contributed by atoms with Crippen molar-refractivity contribution in [2.75, 3.05) is 10.6 Å². The smallest absolute Gasteiger partial charge is 0.255 e. The lowest BCUT2D eigenvalue weighted by Gasteiger charge is -2.13. The first-order chi connectivity index (χ1) is 15.4. The third-order valence-electron chi connectivity index (χ3n) is 5.12. The molecule has 0 unspecified atom stereocenters. The Bertz CT molecular complexity index is 1400. The predicted molar refractivity (Wildman–Crippen MR) is 120 cm³/mol. The van der Waals surface area contributed by atoms with Gasteiger partial charge < -0.3 is 16.4 Å². The van der Waals surface area contributed by atoms with E-state index in [-0.39, 0.29) is 5.91 Å². The number of benzene rings is 2. The van der Waals surface area contributed by atoms with Crippen molar-refractivity contribution in [2.24, 2.45) is 5.73 Å². The zero-order chi connectivity index (χ0) is 22.8. The second-order valence-corrected chi connectivity index (χ2v) is 7.23. The Labute approximate surface area is 183 Å². The van der Waals surface area contributed by atoms with E-state index < -0.39 is 5.91 Å². The summed E-state index contributed by atoms with van der Waals surface area (Å²) in [4.78, 5) is 28.6. The van der Waals surface area contributed by atoms with E-state index in [1.807, 2.05) is 19.1 Å². The lowest BCUT2D eigenvalue weighted by atomic mass is 10.1. The maximum absolute atomic E-state index is 12.6. The summed E-state index contributed by atoms with van der Waals surface area (Å²) in [5.41, 5.74) is 10.3. The molecule has 0 saturated heterocycles. The van der Waals surface area contributed by atoms with E-state index in [4.69, 9.17) is 11.0 Å². The normalized spacial score (nSPS) is 10.5. The fourth-order valence-electron chi connectivity index (χ4n) is 3.36. The van der Waals surface area contributed by atoms with Crippen LogP contribution in [0.5, 0.6) is 0 Å². The standard InChI is InChI=1S/C23H19N7O2/c1-13-3-8-17(28-23(32)16-6-4-15(10-24)5-7-16)9-19(13)29-22-20-14(2)18(21(25)31)11-30(20)27-12-26-22/h3-9,11-12H,1-2H3,(H2,25,31)(H,28,32)(H,26,27,29). The van der Waals surface area contributed by atoms with Crippen molar-refractivity contribution in [3.63, 3.8) is 0 Å². The minimum absolute atomic E-state index is 0.290. The number of primary amides is 1. The van der Waals surface area contributed by atoms with Crippen molar-refractivity contribution in [1.29, 1.82) is 5.26 Å². The number of carbonyl (C=O) groups is 2. The second-order valence-electron chi connectivity index (χ2n) is 7.23. The molecule has 2 amide bonds. The van der Waals surface area contributed by atoms with Gasteiger partial charge in [-0.1, -0.05) is 6.07 Å². The molecule has 2 heterocycles. The van der Waals surface area contributed by atoms with Gasteiger partial charge in [0.2, 0.25) is 0 Å². The Morgan fingerprint density at radius 1 is 1.12 bits per heavy atom. The molecule has 0 bridgehead atoms. The number of amides is 2. The van der Waals surface area contributed by atoms with Crippen LogP contribution in [0.4, 0.5) is 17.2 Å². The fourth-order valence-corrected chi connectivity index (χ4v) is 3.36. The van der Waals surface area contributed by atoms with E-state index in [0.29, 0.717) is 39.3 Å². The number of anilines is 3. The summed E-state index contributed by atoms with van der Waals surface area (Å²) in [6.07, 6.45) is 2.95. The molecule has 0 aliphatic rings. The minimum atomic E-state index is -0.539. The van der Waals surface area contributed by atoms with Gasteiger partial charge in [-0.2, -0.15) is 10.4 Å². The van der Waals surface area contributed by atoms with Crippen molar-refractivity contribution in [3.8, 4) is 6.07 Å². The van der Waals surface area contributed by atoms with Crippen LogP contribution in [0.15, 0.2) is 55.0 Å². The highest BCUT2D eigenvalue weighted by Gasteiger charge is 2.16. The monoisotopic (exact) mass is 425 g/mol. The third-order valence-corrected chi connectivity index (χ3v) is 5.12. The van der Waals surface area contributed by atoms with Crippen LogP contribution in [0.3, 0.4) is 0 Å². The molecule has 4 rings (SSSR count). The van der Waals surface area contributed by atoms with E-state index in [2.05, 4.69) is 20.7 Å². The molecule has 9 heteroatoms. The summed E-state index contributed by atoms with van der Waals surface area (Å²) in [6.45, 7) is 3.71. The van der Waals surface area contributed by atoms with Gasteiger partial charge >= 0.3 is 0 Å². The first kappa shape index (κ1) is 20.6. The molecule has 2 aromatic carbocycles. The van der Waals surface area contributed by atoms with Crippen LogP contribution in [0.25, 0.3) is 5.52 Å². The molecule has 4 N–H and O–H groups in total. The molecule has 0 saturated carbocycles. The van der Waals surface area contributed by atoms with E-state index in [1.165, 1.54) is 6.33 Å². The topological polar surface area (TPSA) is 138 Å². The van der Waals surface area contributed by atoms with Crippen molar-refractivity contribution in [2.45, 2.75) is 13.8 Å². The van der Waals surface area contributed by atoms with Crippen LogP contribution < -0.4 is 16.4 Å². The Kier molecular flexibility index (Phi) is 5.27. The van der Waals surface area contributed by atoms with Crippen LogP contribution in [0, 0.1) is 25.2 Å². The minimum Gasteiger partial charge on any atom is -0.366 e. The van der Waals surface area contributed by atoms with Gasteiger partial charge in [0.05, 0.1) is 17.2 Å². The van der Waals surface area contributed by atoms with E-state index in [1.54, 1.807) is 54.0 Å². The predicted octanol–water partition coefficient (Wildman–Crippen LogP) is 3.31. The molecule has 2 aromatic heterocycles. The van der Waals surface area contributed by atoms with Crippen molar-refractivity contribution in [1.82, 2.24) is 14.6 Å². The molecular formula is C23H19N7O2. The Balaban J connectivity index is 1.63. The molecule has 0 fully saturated rings. The highest BCUT2D eigenvalue weighted by Crippen LogP contribution is 2.28. The number of fused-ring (bicyclic) bond motifs is 1. The molecule has 0 aliphatic heterocycles. The lowest BCUT2D eigenvalue weighted by molar-refractivity contribution is 0.0997. The summed E-state index contributed by atoms with van der Waals surface area (Å²) in [7, 11) is 0. The third kappa shape index (κ3) is 3.85. The molecule has 0 atom stereocenters. The number of nitrogens with one attached hydrogen (secondary N) is 2. The van der Waals surface area contributed by atoms with Gasteiger partial charge in [-0.3, -0.25) is 9.59 Å². The summed E-state index contributed by atoms with van der Waals surface area (Å²) < 4.78 is 1.55. The fraction of sp³-hybridized carbons (Fsp3) is 0.0870. The molecule has 0 aliphatic carbocycles. The summed E-state index contributed by atoms with van der Waals surface area (Å²) in [6, 6.07) is 13.9. The van der Waals surface area contributed by atoms with E-state index >= 15 is 0 Å². The van der Waals surface area contributed by atoms with Gasteiger partial charge in [0.15, 0.2) is 5.82 Å². The van der Waals surface area contributed by atoms with E-state index in [0.717, 1.165) is 11.3 Å². The van der Waals surface area contributed by atoms with Crippen LogP contribution in [-0.2, 0) is 0 Å². The number of carbonyl (C=O) groups excluding carboxylic acids is 2. The number of rotatable bonds is 5. The molecule has 158 valence electrons. The van der Waals surface area contributed by atoms with Gasteiger partial charge in [-0.25, -0.2) is 9.50 Å². The van der Waals surface area contributed by atoms with Gasteiger partial charge in [-0.05, 0) is 61.4 Å². The largest absolute Gasteiger partial charge is 0.366 e. The SMILES string of the molecule is Cc1ccc(NC(=O)c2ccc(C#N)cc2)cc1Nc1ncnn2cc(C(N)=O)c(C)c12. The highest BCUT2D eigenvalue weighted by atomic mass is 16.2. The number of hydrogen-bond donors (Lipinski definition) is 3. The maximum atomic E-state index is 12.6. The zero-order valence-electron chi connectivity index (χ0n) is 17.4. The van der Waals surface area contributed by atoms with Crippen LogP contribution in [-0.4, -0.2) is 26.4 Å². The quantitative estimate of drug-likeness (QED) is 0.448. The number of aromatic nitrogens is 3. The second kappa shape index (κ2) is 8.20. The average Bonchev–Trinajstić information content (AvgIpc) is 3.14. The average molecular weight is 425 g/mol. The summed E-state index contributed by atoms with van der Waals surface area (Å²) in [5.74, 6) is -0.325. The van der Waals surface area contributed by atoms with Crippen LogP contribution in [0.2, 0.25) is 0 Å². The Morgan fingerprint density at radius 2 is 1.88 bits per heavy atom. The summed E-state index contributed by atoms with van der Waals surface area (Å²) in [5, 5.41) is 19.2.